The molecular weight excluding hydrogens is 280 g/mol. The van der Waals surface area contributed by atoms with Gasteiger partial charge < -0.3 is 4.90 Å². The third-order valence-electron chi connectivity index (χ3n) is 4.58. The molecule has 1 saturated carbocycles. The van der Waals surface area contributed by atoms with Gasteiger partial charge in [-0.25, -0.2) is 0 Å². The lowest BCUT2D eigenvalue weighted by atomic mass is 9.92. The second-order valence-corrected chi connectivity index (χ2v) is 6.50. The lowest BCUT2D eigenvalue weighted by Crippen LogP contribution is -2.59. The van der Waals surface area contributed by atoms with Gasteiger partial charge in [-0.1, -0.05) is 44.4 Å². The van der Waals surface area contributed by atoms with Gasteiger partial charge in [0.25, 0.3) is 0 Å². The number of carbonyl (C=O) groups is 1. The summed E-state index contributed by atoms with van der Waals surface area (Å²) in [7, 11) is 0. The Balaban J connectivity index is 1.88. The molecule has 0 N–H and O–H groups in total. The summed E-state index contributed by atoms with van der Waals surface area (Å²) in [5.41, 5.74) is 0.889. The van der Waals surface area contributed by atoms with Crippen LogP contribution >= 0.6 is 12.2 Å². The molecule has 3 rings (SSSR count). The Kier molecular flexibility index (Phi) is 4.24. The van der Waals surface area contributed by atoms with E-state index in [0.717, 1.165) is 12.2 Å². The molecule has 1 atom stereocenters. The van der Waals surface area contributed by atoms with E-state index in [0.29, 0.717) is 11.2 Å². The number of hydrogen-bond donors (Lipinski definition) is 0. The van der Waals surface area contributed by atoms with Gasteiger partial charge in [0.2, 0.25) is 5.91 Å². The second kappa shape index (κ2) is 6.14. The largest absolute Gasteiger partial charge is 0.345 e. The van der Waals surface area contributed by atoms with Gasteiger partial charge in [-0.3, -0.25) is 9.69 Å². The Bertz CT molecular complexity index is 525. The Hall–Kier alpha value is -1.42. The van der Waals surface area contributed by atoms with Crippen molar-refractivity contribution in [3.05, 3.63) is 30.3 Å². The van der Waals surface area contributed by atoms with Gasteiger partial charge >= 0.3 is 0 Å². The summed E-state index contributed by atoms with van der Waals surface area (Å²) in [6.07, 6.45) is 6.27. The van der Waals surface area contributed by atoms with E-state index in [2.05, 4.69) is 4.90 Å². The van der Waals surface area contributed by atoms with Crippen LogP contribution in [-0.4, -0.2) is 28.5 Å². The third-order valence-corrected chi connectivity index (χ3v) is 5.00. The molecule has 2 fully saturated rings. The molecule has 0 aromatic heterocycles. The highest BCUT2D eigenvalue weighted by atomic mass is 32.1. The molecule has 1 aliphatic heterocycles. The van der Waals surface area contributed by atoms with Crippen LogP contribution < -0.4 is 4.90 Å². The standard InChI is InChI=1S/C17H22N2OS/c1-13-12-18(14-8-4-2-5-9-14)17(21)19(16(13)20)15-10-6-3-7-11-15/h3,6-7,10-11,13-14H,2,4-5,8-9,12H2,1H3/t13-/m0/s1. The SMILES string of the molecule is C[C@H]1CN(C2CCCCC2)C(=S)N(c2ccccc2)C1=O. The summed E-state index contributed by atoms with van der Waals surface area (Å²) < 4.78 is 0. The molecule has 112 valence electrons. The molecule has 0 unspecified atom stereocenters. The van der Waals surface area contributed by atoms with Crippen LogP contribution in [-0.2, 0) is 4.79 Å². The Morgan fingerprint density at radius 3 is 2.43 bits per heavy atom. The number of anilines is 1. The van der Waals surface area contributed by atoms with E-state index >= 15 is 0 Å². The number of thiocarbonyl (C=S) groups is 1. The van der Waals surface area contributed by atoms with Gasteiger partial charge in [0, 0.05) is 12.6 Å². The van der Waals surface area contributed by atoms with Crippen molar-refractivity contribution in [2.24, 2.45) is 5.92 Å². The average Bonchev–Trinajstić information content (AvgIpc) is 2.53. The zero-order chi connectivity index (χ0) is 14.8. The Morgan fingerprint density at radius 1 is 1.10 bits per heavy atom. The maximum absolute atomic E-state index is 12.6. The van der Waals surface area contributed by atoms with Gasteiger partial charge in [-0.15, -0.1) is 0 Å². The highest BCUT2D eigenvalue weighted by Gasteiger charge is 2.38. The van der Waals surface area contributed by atoms with Crippen molar-refractivity contribution in [2.45, 2.75) is 45.1 Å². The van der Waals surface area contributed by atoms with Crippen LogP contribution in [0.5, 0.6) is 0 Å². The lowest BCUT2D eigenvalue weighted by Gasteiger charge is -2.45. The van der Waals surface area contributed by atoms with Crippen LogP contribution in [0.2, 0.25) is 0 Å². The first-order valence-electron chi connectivity index (χ1n) is 7.88. The van der Waals surface area contributed by atoms with Crippen molar-refractivity contribution < 1.29 is 4.79 Å². The predicted octanol–water partition coefficient (Wildman–Crippen LogP) is 3.59. The molecule has 2 aliphatic rings. The highest BCUT2D eigenvalue weighted by molar-refractivity contribution is 7.80. The molecular formula is C17H22N2OS. The molecule has 0 bridgehead atoms. The predicted molar refractivity (Wildman–Crippen MR) is 89.3 cm³/mol. The van der Waals surface area contributed by atoms with Crippen molar-refractivity contribution >= 4 is 28.9 Å². The van der Waals surface area contributed by atoms with Crippen LogP contribution in [0, 0.1) is 5.92 Å². The number of hydrogen-bond acceptors (Lipinski definition) is 2. The molecule has 1 saturated heterocycles. The topological polar surface area (TPSA) is 23.6 Å². The van der Waals surface area contributed by atoms with Gasteiger partial charge in [0.05, 0.1) is 11.6 Å². The fourth-order valence-corrected chi connectivity index (χ4v) is 3.83. The molecule has 1 aromatic carbocycles. The summed E-state index contributed by atoms with van der Waals surface area (Å²) in [5, 5.41) is 0.691. The monoisotopic (exact) mass is 302 g/mol. The quantitative estimate of drug-likeness (QED) is 0.780. The van der Waals surface area contributed by atoms with E-state index < -0.39 is 0 Å². The minimum absolute atomic E-state index is 0.00108. The molecule has 0 spiro atoms. The van der Waals surface area contributed by atoms with Crippen molar-refractivity contribution in [3.63, 3.8) is 0 Å². The second-order valence-electron chi connectivity index (χ2n) is 6.14. The molecule has 4 heteroatoms. The van der Waals surface area contributed by atoms with Crippen molar-refractivity contribution in [2.75, 3.05) is 11.4 Å². The molecule has 1 amide bonds. The van der Waals surface area contributed by atoms with Crippen LogP contribution in [0.3, 0.4) is 0 Å². The smallest absolute Gasteiger partial charge is 0.237 e. The minimum Gasteiger partial charge on any atom is -0.345 e. The number of carbonyl (C=O) groups excluding carboxylic acids is 1. The molecule has 1 aromatic rings. The first-order chi connectivity index (χ1) is 10.2. The first-order valence-corrected chi connectivity index (χ1v) is 8.29. The van der Waals surface area contributed by atoms with Crippen molar-refractivity contribution in [3.8, 4) is 0 Å². The van der Waals surface area contributed by atoms with E-state index in [9.17, 15) is 4.79 Å². The average molecular weight is 302 g/mol. The van der Waals surface area contributed by atoms with Crippen LogP contribution in [0.4, 0.5) is 5.69 Å². The number of amides is 1. The zero-order valence-electron chi connectivity index (χ0n) is 12.5. The van der Waals surface area contributed by atoms with Crippen LogP contribution in [0.25, 0.3) is 0 Å². The molecule has 3 nitrogen and oxygen atoms in total. The van der Waals surface area contributed by atoms with Gasteiger partial charge in [-0.05, 0) is 37.2 Å². The number of rotatable bonds is 2. The zero-order valence-corrected chi connectivity index (χ0v) is 13.3. The molecule has 1 heterocycles. The summed E-state index contributed by atoms with van der Waals surface area (Å²) in [6.45, 7) is 2.78. The van der Waals surface area contributed by atoms with Crippen molar-refractivity contribution in [1.82, 2.24) is 4.90 Å². The summed E-state index contributed by atoms with van der Waals surface area (Å²) >= 11 is 5.67. The lowest BCUT2D eigenvalue weighted by molar-refractivity contribution is -0.122. The van der Waals surface area contributed by atoms with Crippen molar-refractivity contribution in [1.29, 1.82) is 0 Å². The van der Waals surface area contributed by atoms with Gasteiger partial charge in [0.15, 0.2) is 5.11 Å². The fraction of sp³-hybridized carbons (Fsp3) is 0.529. The van der Waals surface area contributed by atoms with E-state index in [1.165, 1.54) is 32.1 Å². The van der Waals surface area contributed by atoms with E-state index in [4.69, 9.17) is 12.2 Å². The Labute approximate surface area is 131 Å². The van der Waals surface area contributed by atoms with Gasteiger partial charge in [0.1, 0.15) is 0 Å². The summed E-state index contributed by atoms with van der Waals surface area (Å²) in [4.78, 5) is 16.6. The van der Waals surface area contributed by atoms with Gasteiger partial charge in [-0.2, -0.15) is 0 Å². The summed E-state index contributed by atoms with van der Waals surface area (Å²) in [6, 6.07) is 10.3. The molecule has 1 aliphatic carbocycles. The van der Waals surface area contributed by atoms with E-state index in [1.54, 1.807) is 4.90 Å². The fourth-order valence-electron chi connectivity index (χ4n) is 3.41. The maximum Gasteiger partial charge on any atom is 0.237 e. The number of para-hydroxylation sites is 1. The number of nitrogens with zero attached hydrogens (tertiary/aromatic N) is 2. The van der Waals surface area contributed by atoms with Crippen LogP contribution in [0.1, 0.15) is 39.0 Å². The molecule has 21 heavy (non-hydrogen) atoms. The van der Waals surface area contributed by atoms with E-state index in [-0.39, 0.29) is 11.8 Å². The highest BCUT2D eigenvalue weighted by Crippen LogP contribution is 2.30. The normalized spacial score (nSPS) is 24.5. The third kappa shape index (κ3) is 2.82. The maximum atomic E-state index is 12.6. The molecule has 0 radical (unpaired) electrons. The number of benzene rings is 1. The minimum atomic E-state index is -0.00108. The first kappa shape index (κ1) is 14.5. The summed E-state index contributed by atoms with van der Waals surface area (Å²) in [5.74, 6) is 0.122. The van der Waals surface area contributed by atoms with Crippen LogP contribution in [0.15, 0.2) is 30.3 Å². The Morgan fingerprint density at radius 2 is 1.76 bits per heavy atom. The van der Waals surface area contributed by atoms with E-state index in [1.807, 2.05) is 37.3 Å².